The van der Waals surface area contributed by atoms with Crippen LogP contribution in [-0.2, 0) is 4.79 Å². The lowest BCUT2D eigenvalue weighted by molar-refractivity contribution is -0.123. The van der Waals surface area contributed by atoms with E-state index < -0.39 is 0 Å². The predicted molar refractivity (Wildman–Crippen MR) is 116 cm³/mol. The SMILES string of the molecule is CC(C)C[C@@H](NC(=O)CN1CCN(C(=O)c2ccccc2)CC1)c1ccccc1. The Balaban J connectivity index is 1.50. The van der Waals surface area contributed by atoms with E-state index in [0.29, 0.717) is 38.6 Å². The quantitative estimate of drug-likeness (QED) is 0.785. The monoisotopic (exact) mass is 393 g/mol. The molecule has 1 fully saturated rings. The summed E-state index contributed by atoms with van der Waals surface area (Å²) in [6, 6.07) is 19.6. The van der Waals surface area contributed by atoms with Crippen LogP contribution in [0.2, 0.25) is 0 Å². The summed E-state index contributed by atoms with van der Waals surface area (Å²) in [6.45, 7) is 7.44. The molecule has 0 bridgehead atoms. The molecule has 0 saturated carbocycles. The summed E-state index contributed by atoms with van der Waals surface area (Å²) >= 11 is 0. The Morgan fingerprint density at radius 2 is 1.48 bits per heavy atom. The first-order chi connectivity index (χ1) is 14.0. The second kappa shape index (κ2) is 10.2. The molecule has 0 radical (unpaired) electrons. The molecule has 2 amide bonds. The van der Waals surface area contributed by atoms with Gasteiger partial charge in [0.25, 0.3) is 5.91 Å². The maximum absolute atomic E-state index is 12.7. The summed E-state index contributed by atoms with van der Waals surface area (Å²) < 4.78 is 0. The average Bonchev–Trinajstić information content (AvgIpc) is 2.74. The zero-order valence-corrected chi connectivity index (χ0v) is 17.4. The van der Waals surface area contributed by atoms with Crippen LogP contribution in [0.1, 0.15) is 42.2 Å². The van der Waals surface area contributed by atoms with Crippen LogP contribution in [0.4, 0.5) is 0 Å². The van der Waals surface area contributed by atoms with Crippen molar-refractivity contribution in [2.45, 2.75) is 26.3 Å². The largest absolute Gasteiger partial charge is 0.348 e. The van der Waals surface area contributed by atoms with Gasteiger partial charge in [0.05, 0.1) is 12.6 Å². The Hall–Kier alpha value is -2.66. The molecule has 0 aliphatic carbocycles. The predicted octanol–water partition coefficient (Wildman–Crippen LogP) is 3.35. The lowest BCUT2D eigenvalue weighted by Crippen LogP contribution is -2.51. The van der Waals surface area contributed by atoms with Crippen molar-refractivity contribution in [3.8, 4) is 0 Å². The molecule has 5 heteroatoms. The molecule has 5 nitrogen and oxygen atoms in total. The number of carbonyl (C=O) groups excluding carboxylic acids is 2. The van der Waals surface area contributed by atoms with Crippen molar-refractivity contribution in [3.05, 3.63) is 71.8 Å². The number of amides is 2. The molecule has 1 saturated heterocycles. The molecule has 3 rings (SSSR count). The third-order valence-corrected chi connectivity index (χ3v) is 5.29. The molecular formula is C24H31N3O2. The second-order valence-corrected chi connectivity index (χ2v) is 8.09. The third kappa shape index (κ3) is 6.16. The van der Waals surface area contributed by atoms with Gasteiger partial charge in [0.1, 0.15) is 0 Å². The van der Waals surface area contributed by atoms with Crippen LogP contribution in [-0.4, -0.2) is 54.3 Å². The van der Waals surface area contributed by atoms with Gasteiger partial charge in [-0.05, 0) is 30.0 Å². The van der Waals surface area contributed by atoms with Crippen molar-refractivity contribution in [2.24, 2.45) is 5.92 Å². The highest BCUT2D eigenvalue weighted by molar-refractivity contribution is 5.94. The molecule has 0 aromatic heterocycles. The van der Waals surface area contributed by atoms with E-state index in [9.17, 15) is 9.59 Å². The minimum atomic E-state index is 0.0321. The maximum atomic E-state index is 12.7. The molecule has 1 aliphatic rings. The minimum Gasteiger partial charge on any atom is -0.348 e. The molecule has 29 heavy (non-hydrogen) atoms. The summed E-state index contributed by atoms with van der Waals surface area (Å²) in [5.74, 6) is 0.603. The molecule has 1 atom stereocenters. The van der Waals surface area contributed by atoms with Gasteiger partial charge in [0, 0.05) is 31.7 Å². The second-order valence-electron chi connectivity index (χ2n) is 8.09. The number of carbonyl (C=O) groups is 2. The first kappa shape index (κ1) is 21.1. The zero-order valence-electron chi connectivity index (χ0n) is 17.4. The number of hydrogen-bond acceptors (Lipinski definition) is 3. The zero-order chi connectivity index (χ0) is 20.6. The topological polar surface area (TPSA) is 52.7 Å². The molecule has 0 unspecified atom stereocenters. The van der Waals surface area contributed by atoms with E-state index >= 15 is 0 Å². The normalized spacial score (nSPS) is 15.9. The number of hydrogen-bond donors (Lipinski definition) is 1. The molecule has 2 aromatic rings. The van der Waals surface area contributed by atoms with E-state index in [1.165, 1.54) is 0 Å². The van der Waals surface area contributed by atoms with E-state index in [4.69, 9.17) is 0 Å². The molecule has 0 spiro atoms. The van der Waals surface area contributed by atoms with Gasteiger partial charge in [0.2, 0.25) is 5.91 Å². The van der Waals surface area contributed by atoms with E-state index in [0.717, 1.165) is 17.5 Å². The van der Waals surface area contributed by atoms with Gasteiger partial charge >= 0.3 is 0 Å². The summed E-state index contributed by atoms with van der Waals surface area (Å²) in [5.41, 5.74) is 1.87. The maximum Gasteiger partial charge on any atom is 0.253 e. The van der Waals surface area contributed by atoms with E-state index in [1.54, 1.807) is 0 Å². The van der Waals surface area contributed by atoms with Crippen molar-refractivity contribution in [3.63, 3.8) is 0 Å². The first-order valence-electron chi connectivity index (χ1n) is 10.4. The smallest absolute Gasteiger partial charge is 0.253 e. The minimum absolute atomic E-state index is 0.0321. The van der Waals surface area contributed by atoms with Crippen molar-refractivity contribution >= 4 is 11.8 Å². The van der Waals surface area contributed by atoms with Crippen LogP contribution in [0.3, 0.4) is 0 Å². The first-order valence-corrected chi connectivity index (χ1v) is 10.4. The van der Waals surface area contributed by atoms with E-state index in [-0.39, 0.29) is 17.9 Å². The highest BCUT2D eigenvalue weighted by Gasteiger charge is 2.24. The van der Waals surface area contributed by atoms with Gasteiger partial charge in [-0.15, -0.1) is 0 Å². The van der Waals surface area contributed by atoms with E-state index in [1.807, 2.05) is 53.4 Å². The number of piperazine rings is 1. The van der Waals surface area contributed by atoms with Gasteiger partial charge in [0.15, 0.2) is 0 Å². The molecule has 154 valence electrons. The van der Waals surface area contributed by atoms with Gasteiger partial charge in [-0.25, -0.2) is 0 Å². The number of nitrogens with one attached hydrogen (secondary N) is 1. The van der Waals surface area contributed by atoms with Crippen LogP contribution in [0, 0.1) is 5.92 Å². The van der Waals surface area contributed by atoms with Gasteiger partial charge < -0.3 is 10.2 Å². The fourth-order valence-corrected chi connectivity index (χ4v) is 3.75. The van der Waals surface area contributed by atoms with E-state index in [2.05, 4.69) is 36.2 Å². The summed E-state index contributed by atoms with van der Waals surface area (Å²) in [4.78, 5) is 29.2. The number of nitrogens with zero attached hydrogens (tertiary/aromatic N) is 2. The summed E-state index contributed by atoms with van der Waals surface area (Å²) in [7, 11) is 0. The Bertz CT molecular complexity index is 784. The fraction of sp³-hybridized carbons (Fsp3) is 0.417. The Labute approximate surface area is 173 Å². The molecule has 1 N–H and O–H groups in total. The fourth-order valence-electron chi connectivity index (χ4n) is 3.75. The number of rotatable bonds is 7. The van der Waals surface area contributed by atoms with Gasteiger partial charge in [-0.2, -0.15) is 0 Å². The highest BCUT2D eigenvalue weighted by atomic mass is 16.2. The van der Waals surface area contributed by atoms with Crippen molar-refractivity contribution in [1.82, 2.24) is 15.1 Å². The van der Waals surface area contributed by atoms with Crippen LogP contribution < -0.4 is 5.32 Å². The van der Waals surface area contributed by atoms with Crippen LogP contribution in [0.5, 0.6) is 0 Å². The van der Waals surface area contributed by atoms with Crippen LogP contribution in [0.15, 0.2) is 60.7 Å². The van der Waals surface area contributed by atoms with Crippen molar-refractivity contribution in [2.75, 3.05) is 32.7 Å². The molecular weight excluding hydrogens is 362 g/mol. The van der Waals surface area contributed by atoms with Gasteiger partial charge in [-0.3, -0.25) is 14.5 Å². The lowest BCUT2D eigenvalue weighted by atomic mass is 9.97. The third-order valence-electron chi connectivity index (χ3n) is 5.29. The summed E-state index contributed by atoms with van der Waals surface area (Å²) in [5, 5.41) is 3.21. The molecule has 1 heterocycles. The van der Waals surface area contributed by atoms with Gasteiger partial charge in [-0.1, -0.05) is 62.4 Å². The van der Waals surface area contributed by atoms with Crippen molar-refractivity contribution < 1.29 is 9.59 Å². The Morgan fingerprint density at radius 3 is 2.07 bits per heavy atom. The lowest BCUT2D eigenvalue weighted by Gasteiger charge is -2.34. The molecule has 2 aromatic carbocycles. The highest BCUT2D eigenvalue weighted by Crippen LogP contribution is 2.21. The molecule has 1 aliphatic heterocycles. The average molecular weight is 394 g/mol. The van der Waals surface area contributed by atoms with Crippen LogP contribution in [0.25, 0.3) is 0 Å². The Kier molecular flexibility index (Phi) is 7.42. The van der Waals surface area contributed by atoms with Crippen LogP contribution >= 0.6 is 0 Å². The Morgan fingerprint density at radius 1 is 0.897 bits per heavy atom. The van der Waals surface area contributed by atoms with Crippen molar-refractivity contribution in [1.29, 1.82) is 0 Å². The standard InChI is InChI=1S/C24H31N3O2/c1-19(2)17-22(20-9-5-3-6-10-20)25-23(28)18-26-13-15-27(16-14-26)24(29)21-11-7-4-8-12-21/h3-12,19,22H,13-18H2,1-2H3,(H,25,28)/t22-/m1/s1. The summed E-state index contributed by atoms with van der Waals surface area (Å²) in [6.07, 6.45) is 0.912. The number of benzene rings is 2.